The van der Waals surface area contributed by atoms with Crippen molar-refractivity contribution in [3.8, 4) is 22.8 Å². The van der Waals surface area contributed by atoms with Gasteiger partial charge in [-0.1, -0.05) is 113 Å². The second-order valence-electron chi connectivity index (χ2n) is 12.0. The summed E-state index contributed by atoms with van der Waals surface area (Å²) in [5.41, 5.74) is 4.09. The minimum atomic E-state index is -0.443. The molecule has 0 aliphatic rings. The summed E-state index contributed by atoms with van der Waals surface area (Å²) in [6.45, 7) is 2.35. The average molecular weight is 756 g/mol. The summed E-state index contributed by atoms with van der Waals surface area (Å²) < 4.78 is 22.1. The van der Waals surface area contributed by atoms with Gasteiger partial charge in [0.15, 0.2) is 0 Å². The third-order valence-electron chi connectivity index (χ3n) is 8.31. The van der Waals surface area contributed by atoms with Gasteiger partial charge in [-0.2, -0.15) is 5.10 Å². The van der Waals surface area contributed by atoms with E-state index in [-0.39, 0.29) is 31.2 Å². The van der Waals surface area contributed by atoms with Gasteiger partial charge in [0, 0.05) is 46.0 Å². The van der Waals surface area contributed by atoms with Gasteiger partial charge in [0.2, 0.25) is 0 Å². The van der Waals surface area contributed by atoms with Gasteiger partial charge in [0.1, 0.15) is 42.6 Å². The van der Waals surface area contributed by atoms with Crippen molar-refractivity contribution in [3.63, 3.8) is 0 Å². The maximum atomic E-state index is 14.7. The van der Waals surface area contributed by atoms with E-state index in [1.807, 2.05) is 115 Å². The summed E-state index contributed by atoms with van der Waals surface area (Å²) in [4.78, 5) is 27.5. The van der Waals surface area contributed by atoms with E-state index in [0.29, 0.717) is 35.3 Å². The molecule has 1 N–H and O–H groups in total. The molecule has 0 bridgehead atoms. The van der Waals surface area contributed by atoms with E-state index in [9.17, 15) is 9.59 Å². The maximum absolute atomic E-state index is 14.7. The molecule has 52 heavy (non-hydrogen) atoms. The first kappa shape index (κ1) is 34.3. The van der Waals surface area contributed by atoms with Gasteiger partial charge in [-0.05, 0) is 35.6 Å². The van der Waals surface area contributed by atoms with E-state index < -0.39 is 5.97 Å². The van der Waals surface area contributed by atoms with E-state index in [4.69, 9.17) is 19.3 Å². The topological polar surface area (TPSA) is 96.6 Å². The molecule has 0 aliphatic heterocycles. The fourth-order valence-corrected chi connectivity index (χ4v) is 6.17. The van der Waals surface area contributed by atoms with Crippen LogP contribution < -0.4 is 14.8 Å². The van der Waals surface area contributed by atoms with Gasteiger partial charge in [-0.3, -0.25) is 14.2 Å². The monoisotopic (exact) mass is 754 g/mol. The molecule has 0 aliphatic carbocycles. The van der Waals surface area contributed by atoms with Crippen LogP contribution in [0.5, 0.6) is 11.5 Å². The number of nitrogens with zero attached hydrogens (tertiary/aromatic N) is 3. The molecule has 0 fully saturated rings. The molecule has 2 aromatic heterocycles. The van der Waals surface area contributed by atoms with E-state index in [1.54, 1.807) is 36.0 Å². The Hall–Kier alpha value is -6.13. The minimum Gasteiger partial charge on any atom is -0.489 e. The molecule has 9 nitrogen and oxygen atoms in total. The number of benzene rings is 5. The van der Waals surface area contributed by atoms with Gasteiger partial charge in [0.05, 0.1) is 18.0 Å². The molecule has 7 rings (SSSR count). The molecule has 0 radical (unpaired) electrons. The number of nitrogens with one attached hydrogen (secondary N) is 1. The number of carbonyl (C=O) groups excluding carboxylic acids is 2. The number of rotatable bonds is 13. The Morgan fingerprint density at radius 1 is 0.750 bits per heavy atom. The highest BCUT2D eigenvalue weighted by Gasteiger charge is 2.24. The van der Waals surface area contributed by atoms with E-state index in [0.717, 1.165) is 31.9 Å². The van der Waals surface area contributed by atoms with Crippen LogP contribution in [0.4, 0.5) is 11.5 Å². The summed E-state index contributed by atoms with van der Waals surface area (Å²) >= 11 is 3.54. The van der Waals surface area contributed by atoms with Crippen LogP contribution in [-0.2, 0) is 29.3 Å². The number of fused-ring (bicyclic) bond motifs is 1. The predicted molar refractivity (Wildman–Crippen MR) is 205 cm³/mol. The zero-order chi connectivity index (χ0) is 35.9. The lowest BCUT2D eigenvalue weighted by Crippen LogP contribution is -2.18. The number of carbonyl (C=O) groups is 2. The lowest BCUT2D eigenvalue weighted by Gasteiger charge is -2.19. The SMILES string of the molecule is CCOC(=O)Cn1nc(-c2ccccc2)cc1Nc1cc(OCc2ccccc2)cc(OCc2ccccc2)c1C(=O)n1cc2ccc(Br)cc2c1. The molecule has 10 heteroatoms. The van der Waals surface area contributed by atoms with E-state index in [1.165, 1.54) is 4.68 Å². The van der Waals surface area contributed by atoms with Crippen molar-refractivity contribution in [1.29, 1.82) is 0 Å². The second kappa shape index (κ2) is 15.8. The first-order chi connectivity index (χ1) is 25.4. The quantitative estimate of drug-likeness (QED) is 0.117. The standard InChI is InChI=1S/C42H35BrN4O5/c1-2-50-40(48)26-47-39(23-36(45-47)31-16-10-5-11-17-31)44-37-21-35(51-27-29-12-6-3-7-13-29)22-38(52-28-30-14-8-4-9-15-30)41(37)42(49)46-24-32-18-19-34(43)20-33(32)25-46/h3-25,44H,2,26-28H2,1H3. The Balaban J connectivity index is 1.36. The molecule has 0 amide bonds. The zero-order valence-corrected chi connectivity index (χ0v) is 30.0. The molecule has 0 saturated heterocycles. The predicted octanol–water partition coefficient (Wildman–Crippen LogP) is 9.42. The molecule has 0 unspecified atom stereocenters. The normalized spacial score (nSPS) is 11.0. The number of aromatic nitrogens is 3. The van der Waals surface area contributed by atoms with Crippen LogP contribution in [0.2, 0.25) is 0 Å². The lowest BCUT2D eigenvalue weighted by atomic mass is 10.1. The van der Waals surface area contributed by atoms with Crippen molar-refractivity contribution in [2.75, 3.05) is 11.9 Å². The number of hydrogen-bond donors (Lipinski definition) is 1. The summed E-state index contributed by atoms with van der Waals surface area (Å²) in [6.07, 6.45) is 3.60. The molecule has 5 aromatic carbocycles. The summed E-state index contributed by atoms with van der Waals surface area (Å²) in [7, 11) is 0. The maximum Gasteiger partial charge on any atom is 0.327 e. The Bertz CT molecular complexity index is 2320. The van der Waals surface area contributed by atoms with Crippen LogP contribution in [0.1, 0.15) is 28.4 Å². The van der Waals surface area contributed by atoms with Crippen molar-refractivity contribution < 1.29 is 23.8 Å². The van der Waals surface area contributed by atoms with Crippen molar-refractivity contribution in [2.45, 2.75) is 26.7 Å². The molecule has 0 spiro atoms. The lowest BCUT2D eigenvalue weighted by molar-refractivity contribution is -0.144. The van der Waals surface area contributed by atoms with Crippen LogP contribution in [0, 0.1) is 0 Å². The molecule has 7 aromatic rings. The molecule has 0 saturated carbocycles. The number of esters is 1. The van der Waals surface area contributed by atoms with Gasteiger partial charge in [-0.25, -0.2) is 4.68 Å². The molecule has 260 valence electrons. The van der Waals surface area contributed by atoms with Crippen LogP contribution >= 0.6 is 15.9 Å². The highest BCUT2D eigenvalue weighted by Crippen LogP contribution is 2.37. The largest absolute Gasteiger partial charge is 0.489 e. The van der Waals surface area contributed by atoms with Crippen molar-refractivity contribution in [1.82, 2.24) is 14.3 Å². The van der Waals surface area contributed by atoms with Crippen molar-refractivity contribution >= 4 is 50.1 Å². The van der Waals surface area contributed by atoms with Gasteiger partial charge in [0.25, 0.3) is 5.91 Å². The van der Waals surface area contributed by atoms with Crippen LogP contribution in [0.15, 0.2) is 144 Å². The Kier molecular flexibility index (Phi) is 10.4. The molecule has 0 atom stereocenters. The first-order valence-corrected chi connectivity index (χ1v) is 17.6. The van der Waals surface area contributed by atoms with E-state index in [2.05, 4.69) is 21.2 Å². The summed E-state index contributed by atoms with van der Waals surface area (Å²) in [5.74, 6) is 0.499. The molecular weight excluding hydrogens is 720 g/mol. The number of halogens is 1. The smallest absolute Gasteiger partial charge is 0.327 e. The summed E-state index contributed by atoms with van der Waals surface area (Å²) in [5, 5.41) is 10.0. The van der Waals surface area contributed by atoms with Crippen LogP contribution in [0.25, 0.3) is 22.0 Å². The minimum absolute atomic E-state index is 0.147. The Morgan fingerprint density at radius 3 is 2.10 bits per heavy atom. The van der Waals surface area contributed by atoms with Crippen LogP contribution in [-0.4, -0.2) is 32.8 Å². The van der Waals surface area contributed by atoms with Crippen molar-refractivity contribution in [2.24, 2.45) is 0 Å². The van der Waals surface area contributed by atoms with Crippen molar-refractivity contribution in [3.05, 3.63) is 161 Å². The second-order valence-corrected chi connectivity index (χ2v) is 12.9. The third-order valence-corrected chi connectivity index (χ3v) is 8.80. The Morgan fingerprint density at radius 2 is 1.40 bits per heavy atom. The zero-order valence-electron chi connectivity index (χ0n) is 28.4. The van der Waals surface area contributed by atoms with Gasteiger partial charge >= 0.3 is 5.97 Å². The number of ether oxygens (including phenoxy) is 3. The van der Waals surface area contributed by atoms with Crippen LogP contribution in [0.3, 0.4) is 0 Å². The first-order valence-electron chi connectivity index (χ1n) is 16.8. The third kappa shape index (κ3) is 8.08. The average Bonchev–Trinajstić information content (AvgIpc) is 3.77. The molecule has 2 heterocycles. The Labute approximate surface area is 309 Å². The van der Waals surface area contributed by atoms with Gasteiger partial charge in [-0.15, -0.1) is 0 Å². The number of hydrogen-bond acceptors (Lipinski definition) is 7. The number of anilines is 2. The van der Waals surface area contributed by atoms with E-state index >= 15 is 0 Å². The molecular formula is C42H35BrN4O5. The van der Waals surface area contributed by atoms with Gasteiger partial charge < -0.3 is 19.5 Å². The highest BCUT2D eigenvalue weighted by molar-refractivity contribution is 9.10. The fraction of sp³-hybridized carbons (Fsp3) is 0.119. The summed E-state index contributed by atoms with van der Waals surface area (Å²) in [6, 6.07) is 40.5. The fourth-order valence-electron chi connectivity index (χ4n) is 5.80. The highest BCUT2D eigenvalue weighted by atomic mass is 79.9.